The largest absolute Gasteiger partial charge is 0.453 e. The lowest BCUT2D eigenvalue weighted by molar-refractivity contribution is -0.146. The van der Waals surface area contributed by atoms with Crippen molar-refractivity contribution in [2.75, 3.05) is 24.5 Å². The van der Waals surface area contributed by atoms with E-state index in [0.29, 0.717) is 55.7 Å². The summed E-state index contributed by atoms with van der Waals surface area (Å²) in [5.74, 6) is -1.32. The molecular formula is C21H28F3N7O2. The third kappa shape index (κ3) is 4.74. The Balaban J connectivity index is 1.42. The predicted molar refractivity (Wildman–Crippen MR) is 113 cm³/mol. The van der Waals surface area contributed by atoms with Gasteiger partial charge in [0.1, 0.15) is 11.4 Å². The first-order valence-electron chi connectivity index (χ1n) is 11.4. The van der Waals surface area contributed by atoms with Gasteiger partial charge in [-0.3, -0.25) is 9.59 Å². The normalized spacial score (nSPS) is 19.5. The van der Waals surface area contributed by atoms with Crippen molar-refractivity contribution < 1.29 is 22.8 Å². The van der Waals surface area contributed by atoms with Crippen LogP contribution in [0, 0.1) is 5.92 Å². The van der Waals surface area contributed by atoms with Gasteiger partial charge < -0.3 is 15.5 Å². The third-order valence-electron chi connectivity index (χ3n) is 6.53. The third-order valence-corrected chi connectivity index (χ3v) is 6.53. The van der Waals surface area contributed by atoms with Gasteiger partial charge in [-0.15, -0.1) is 15.3 Å². The maximum Gasteiger partial charge on any atom is 0.453 e. The Hall–Kier alpha value is -2.92. The number of anilines is 1. The monoisotopic (exact) mass is 467 g/mol. The van der Waals surface area contributed by atoms with E-state index >= 15 is 0 Å². The molecule has 2 aliphatic rings. The van der Waals surface area contributed by atoms with Crippen LogP contribution in [0.1, 0.15) is 57.7 Å². The van der Waals surface area contributed by atoms with Gasteiger partial charge in [-0.25, -0.2) is 0 Å². The number of halogens is 3. The molecule has 9 nitrogen and oxygen atoms in total. The van der Waals surface area contributed by atoms with E-state index in [4.69, 9.17) is 0 Å². The van der Waals surface area contributed by atoms with Gasteiger partial charge in [-0.2, -0.15) is 17.7 Å². The van der Waals surface area contributed by atoms with Crippen LogP contribution in [0.25, 0.3) is 5.65 Å². The number of hydrogen-bond acceptors (Lipinski definition) is 6. The highest BCUT2D eigenvalue weighted by atomic mass is 19.4. The lowest BCUT2D eigenvalue weighted by Gasteiger charge is -2.39. The highest BCUT2D eigenvalue weighted by Crippen LogP contribution is 2.31. The molecule has 2 N–H and O–H groups in total. The molecule has 4 rings (SSSR count). The molecule has 33 heavy (non-hydrogen) atoms. The molecule has 2 aromatic rings. The summed E-state index contributed by atoms with van der Waals surface area (Å²) in [6.07, 6.45) is 0.489. The minimum absolute atomic E-state index is 0.0171. The zero-order chi connectivity index (χ0) is 23.6. The van der Waals surface area contributed by atoms with Crippen molar-refractivity contribution in [2.45, 2.75) is 63.6 Å². The van der Waals surface area contributed by atoms with E-state index in [1.807, 2.05) is 11.8 Å². The van der Waals surface area contributed by atoms with Crippen LogP contribution in [0.3, 0.4) is 0 Å². The number of carbonyl (C=O) groups excluding carboxylic acids is 2. The van der Waals surface area contributed by atoms with E-state index in [-0.39, 0.29) is 23.4 Å². The second-order valence-electron chi connectivity index (χ2n) is 8.74. The van der Waals surface area contributed by atoms with Gasteiger partial charge in [-0.05, 0) is 44.7 Å². The summed E-state index contributed by atoms with van der Waals surface area (Å²) in [7, 11) is 0. The summed E-state index contributed by atoms with van der Waals surface area (Å²) in [6.45, 7) is 3.30. The van der Waals surface area contributed by atoms with Crippen molar-refractivity contribution in [3.8, 4) is 0 Å². The van der Waals surface area contributed by atoms with Gasteiger partial charge in [0.25, 0.3) is 5.82 Å². The standard InChI is InChI=1S/C21H28F3N7O2/c1-2-25-19(33)20(10-4-3-5-11-20)26-17(32)14-8-12-30(13-9-14)16-7-6-15-27-28-18(21(22,23)24)31(15)29-16/h6-7,14H,2-5,8-13H2,1H3,(H,25,33)(H,26,32). The van der Waals surface area contributed by atoms with E-state index in [1.54, 1.807) is 6.07 Å². The zero-order valence-corrected chi connectivity index (χ0v) is 18.5. The van der Waals surface area contributed by atoms with Crippen LogP contribution in [-0.2, 0) is 15.8 Å². The maximum atomic E-state index is 13.1. The van der Waals surface area contributed by atoms with Crippen molar-refractivity contribution in [3.05, 3.63) is 18.0 Å². The minimum atomic E-state index is -4.66. The number of aromatic nitrogens is 4. The molecule has 0 bridgehead atoms. The topological polar surface area (TPSA) is 105 Å². The van der Waals surface area contributed by atoms with Crippen LogP contribution in [0.15, 0.2) is 12.1 Å². The predicted octanol–water partition coefficient (Wildman–Crippen LogP) is 2.31. The van der Waals surface area contributed by atoms with E-state index in [9.17, 15) is 22.8 Å². The highest BCUT2D eigenvalue weighted by Gasteiger charge is 2.42. The maximum absolute atomic E-state index is 13.1. The molecule has 1 aliphatic heterocycles. The Kier molecular flexibility index (Phi) is 6.44. The molecular weight excluding hydrogens is 439 g/mol. The average Bonchev–Trinajstić information content (AvgIpc) is 3.24. The molecule has 1 saturated carbocycles. The van der Waals surface area contributed by atoms with Crippen LogP contribution < -0.4 is 15.5 Å². The molecule has 0 unspecified atom stereocenters. The van der Waals surface area contributed by atoms with Crippen LogP contribution in [-0.4, -0.2) is 56.8 Å². The molecule has 0 aromatic carbocycles. The Bertz CT molecular complexity index is 1010. The average molecular weight is 467 g/mol. The molecule has 1 aliphatic carbocycles. The Morgan fingerprint density at radius 1 is 1.12 bits per heavy atom. The Morgan fingerprint density at radius 3 is 2.45 bits per heavy atom. The van der Waals surface area contributed by atoms with Gasteiger partial charge in [0.05, 0.1) is 0 Å². The number of alkyl halides is 3. The number of hydrogen-bond donors (Lipinski definition) is 2. The van der Waals surface area contributed by atoms with Gasteiger partial charge in [0.15, 0.2) is 5.65 Å². The van der Waals surface area contributed by atoms with Gasteiger partial charge in [0.2, 0.25) is 11.8 Å². The fourth-order valence-electron chi connectivity index (χ4n) is 4.73. The van der Waals surface area contributed by atoms with Crippen LogP contribution in [0.5, 0.6) is 0 Å². The summed E-state index contributed by atoms with van der Waals surface area (Å²) in [5.41, 5.74) is -0.833. The first kappa shape index (κ1) is 23.2. The quantitative estimate of drug-likeness (QED) is 0.700. The molecule has 0 radical (unpaired) electrons. The summed E-state index contributed by atoms with van der Waals surface area (Å²) in [4.78, 5) is 27.6. The van der Waals surface area contributed by atoms with E-state index < -0.39 is 17.5 Å². The molecule has 3 heterocycles. The first-order valence-corrected chi connectivity index (χ1v) is 11.4. The van der Waals surface area contributed by atoms with Gasteiger partial charge in [-0.1, -0.05) is 19.3 Å². The summed E-state index contributed by atoms with van der Waals surface area (Å²) in [5, 5.41) is 16.7. The number of piperidine rings is 1. The van der Waals surface area contributed by atoms with E-state index in [1.165, 1.54) is 6.07 Å². The fourth-order valence-corrected chi connectivity index (χ4v) is 4.73. The number of amides is 2. The smallest absolute Gasteiger partial charge is 0.355 e. The number of rotatable bonds is 5. The fraction of sp³-hybridized carbons (Fsp3) is 0.667. The summed E-state index contributed by atoms with van der Waals surface area (Å²) < 4.78 is 40.1. The summed E-state index contributed by atoms with van der Waals surface area (Å²) >= 11 is 0. The van der Waals surface area contributed by atoms with Gasteiger partial charge >= 0.3 is 6.18 Å². The Morgan fingerprint density at radius 2 is 1.82 bits per heavy atom. The molecule has 1 saturated heterocycles. The first-order chi connectivity index (χ1) is 15.7. The zero-order valence-electron chi connectivity index (χ0n) is 18.5. The van der Waals surface area contributed by atoms with Crippen molar-refractivity contribution in [1.82, 2.24) is 30.4 Å². The number of likely N-dealkylation sites (N-methyl/N-ethyl adjacent to an activating group) is 1. The second kappa shape index (κ2) is 9.14. The molecule has 2 amide bonds. The Labute approximate surface area is 189 Å². The summed E-state index contributed by atoms with van der Waals surface area (Å²) in [6, 6.07) is 3.05. The van der Waals surface area contributed by atoms with Crippen molar-refractivity contribution >= 4 is 23.3 Å². The SMILES string of the molecule is CCNC(=O)C1(NC(=O)C2CCN(c3ccc4nnc(C(F)(F)F)n4n3)CC2)CCCCC1. The van der Waals surface area contributed by atoms with E-state index in [0.717, 1.165) is 19.3 Å². The van der Waals surface area contributed by atoms with Gasteiger partial charge in [0, 0.05) is 25.6 Å². The van der Waals surface area contributed by atoms with Crippen molar-refractivity contribution in [1.29, 1.82) is 0 Å². The van der Waals surface area contributed by atoms with Crippen molar-refractivity contribution in [3.63, 3.8) is 0 Å². The van der Waals surface area contributed by atoms with Crippen LogP contribution in [0.4, 0.5) is 19.0 Å². The van der Waals surface area contributed by atoms with Crippen molar-refractivity contribution in [2.24, 2.45) is 5.92 Å². The molecule has 2 fully saturated rings. The van der Waals surface area contributed by atoms with Crippen LogP contribution in [0.2, 0.25) is 0 Å². The second-order valence-corrected chi connectivity index (χ2v) is 8.74. The molecule has 12 heteroatoms. The number of nitrogens with zero attached hydrogens (tertiary/aromatic N) is 5. The molecule has 180 valence electrons. The molecule has 2 aromatic heterocycles. The lowest BCUT2D eigenvalue weighted by Crippen LogP contribution is -2.61. The number of fused-ring (bicyclic) bond motifs is 1. The number of nitrogens with one attached hydrogen (secondary N) is 2. The van der Waals surface area contributed by atoms with E-state index in [2.05, 4.69) is 25.9 Å². The molecule has 0 spiro atoms. The highest BCUT2D eigenvalue weighted by molar-refractivity contribution is 5.92. The minimum Gasteiger partial charge on any atom is -0.355 e. The number of carbonyl (C=O) groups is 2. The van der Waals surface area contributed by atoms with Crippen LogP contribution >= 0.6 is 0 Å². The molecule has 0 atom stereocenters. The lowest BCUT2D eigenvalue weighted by atomic mass is 9.80.